The second-order valence-electron chi connectivity index (χ2n) is 6.87. The van der Waals surface area contributed by atoms with Gasteiger partial charge in [-0.2, -0.15) is 13.8 Å². The number of anilines is 2. The lowest BCUT2D eigenvalue weighted by molar-refractivity contribution is -0.125. The lowest BCUT2D eigenvalue weighted by Crippen LogP contribution is -2.29. The van der Waals surface area contributed by atoms with Gasteiger partial charge in [-0.25, -0.2) is 19.3 Å². The summed E-state index contributed by atoms with van der Waals surface area (Å²) in [5, 5.41) is 2.11. The van der Waals surface area contributed by atoms with Crippen molar-refractivity contribution in [3.63, 3.8) is 0 Å². The van der Waals surface area contributed by atoms with E-state index < -0.39 is 23.2 Å². The molecule has 33 heavy (non-hydrogen) atoms. The largest absolute Gasteiger partial charge is 0.458 e. The van der Waals surface area contributed by atoms with Crippen LogP contribution >= 0.6 is 11.6 Å². The van der Waals surface area contributed by atoms with Crippen molar-refractivity contribution in [2.45, 2.75) is 19.1 Å². The third-order valence-electron chi connectivity index (χ3n) is 4.77. The molecule has 1 aromatic carbocycles. The van der Waals surface area contributed by atoms with E-state index in [1.807, 2.05) is 0 Å². The number of ether oxygens (including phenoxy) is 2. The van der Waals surface area contributed by atoms with Crippen molar-refractivity contribution in [1.29, 1.82) is 0 Å². The van der Waals surface area contributed by atoms with E-state index in [0.29, 0.717) is 25.0 Å². The summed E-state index contributed by atoms with van der Waals surface area (Å²) in [6, 6.07) is 2.30. The van der Waals surface area contributed by atoms with Crippen LogP contribution in [-0.4, -0.2) is 56.5 Å². The zero-order valence-corrected chi connectivity index (χ0v) is 17.6. The first-order valence-electron chi connectivity index (χ1n) is 9.61. The maximum Gasteiger partial charge on any atom is 0.387 e. The number of hydrogen-bond acceptors (Lipinski definition) is 8. The second kappa shape index (κ2) is 9.45. The van der Waals surface area contributed by atoms with Gasteiger partial charge < -0.3 is 19.7 Å². The Bertz CT molecular complexity index is 1220. The molecular weight excluding hydrogens is 465 g/mol. The summed E-state index contributed by atoms with van der Waals surface area (Å²) >= 11 is 5.81. The maximum absolute atomic E-state index is 14.6. The van der Waals surface area contributed by atoms with E-state index in [-0.39, 0.29) is 35.0 Å². The Morgan fingerprint density at radius 3 is 2.91 bits per heavy atom. The van der Waals surface area contributed by atoms with Gasteiger partial charge in [0.15, 0.2) is 11.6 Å². The minimum Gasteiger partial charge on any atom is -0.458 e. The molecule has 0 aliphatic carbocycles. The Hall–Kier alpha value is -3.67. The average Bonchev–Trinajstić information content (AvgIpc) is 3.27. The highest BCUT2D eigenvalue weighted by molar-refractivity contribution is 6.32. The van der Waals surface area contributed by atoms with Crippen LogP contribution in [0.1, 0.15) is 6.42 Å². The molecule has 1 amide bonds. The Kier molecular flexibility index (Phi) is 6.45. The van der Waals surface area contributed by atoms with Crippen molar-refractivity contribution in [1.82, 2.24) is 24.8 Å². The van der Waals surface area contributed by atoms with Gasteiger partial charge in [0.1, 0.15) is 34.2 Å². The van der Waals surface area contributed by atoms with E-state index >= 15 is 0 Å². The molecule has 1 N–H and O–H groups in total. The van der Waals surface area contributed by atoms with E-state index in [4.69, 9.17) is 16.3 Å². The van der Waals surface area contributed by atoms with E-state index in [2.05, 4.69) is 36.6 Å². The quantitative estimate of drug-likeness (QED) is 0.510. The minimum atomic E-state index is -3.15. The van der Waals surface area contributed by atoms with Crippen LogP contribution in [0.3, 0.4) is 0 Å². The van der Waals surface area contributed by atoms with Crippen molar-refractivity contribution in [2.75, 3.05) is 18.4 Å². The predicted molar refractivity (Wildman–Crippen MR) is 112 cm³/mol. The molecule has 3 aromatic rings. The SMILES string of the molecule is C=CC(=O)N1CC[C@H](Oc2ncc3ncnc(Nc4ccc(OC(F)F)c(Cl)c4F)c3n2)C1. The van der Waals surface area contributed by atoms with E-state index in [0.717, 1.165) is 6.07 Å². The topological polar surface area (TPSA) is 102 Å². The maximum atomic E-state index is 14.6. The van der Waals surface area contributed by atoms with Crippen molar-refractivity contribution >= 4 is 40.0 Å². The normalized spacial score (nSPS) is 15.7. The lowest BCUT2D eigenvalue weighted by atomic mass is 10.2. The molecule has 9 nitrogen and oxygen atoms in total. The number of amides is 1. The van der Waals surface area contributed by atoms with E-state index in [1.165, 1.54) is 24.7 Å². The Morgan fingerprint density at radius 2 is 2.15 bits per heavy atom. The van der Waals surface area contributed by atoms with Crippen LogP contribution in [0, 0.1) is 5.82 Å². The van der Waals surface area contributed by atoms with Crippen molar-refractivity contribution in [2.24, 2.45) is 0 Å². The highest BCUT2D eigenvalue weighted by atomic mass is 35.5. The molecule has 0 bridgehead atoms. The monoisotopic (exact) mass is 480 g/mol. The summed E-state index contributed by atoms with van der Waals surface area (Å²) in [4.78, 5) is 29.9. The fourth-order valence-electron chi connectivity index (χ4n) is 3.23. The number of alkyl halides is 2. The number of nitrogens with zero attached hydrogens (tertiary/aromatic N) is 5. The van der Waals surface area contributed by atoms with Gasteiger partial charge in [0, 0.05) is 13.0 Å². The number of nitrogens with one attached hydrogen (secondary N) is 1. The van der Waals surface area contributed by atoms with Crippen LogP contribution in [0.4, 0.5) is 24.7 Å². The summed E-state index contributed by atoms with van der Waals surface area (Å²) < 4.78 is 49.5. The Morgan fingerprint density at radius 1 is 1.33 bits per heavy atom. The molecule has 4 rings (SSSR count). The van der Waals surface area contributed by atoms with Crippen molar-refractivity contribution in [3.05, 3.63) is 48.2 Å². The number of halogens is 4. The first kappa shape index (κ1) is 22.5. The van der Waals surface area contributed by atoms with Gasteiger partial charge in [-0.3, -0.25) is 4.79 Å². The third kappa shape index (κ3) is 4.90. The summed E-state index contributed by atoms with van der Waals surface area (Å²) in [5.41, 5.74) is 0.430. The van der Waals surface area contributed by atoms with Gasteiger partial charge in [-0.15, -0.1) is 0 Å². The Labute approximate surface area is 190 Å². The summed E-state index contributed by atoms with van der Waals surface area (Å²) in [5.74, 6) is -1.59. The van der Waals surface area contributed by atoms with Crippen LogP contribution in [0.15, 0.2) is 37.3 Å². The van der Waals surface area contributed by atoms with E-state index in [1.54, 1.807) is 4.90 Å². The van der Waals surface area contributed by atoms with Gasteiger partial charge in [0.2, 0.25) is 5.91 Å². The molecule has 2 aromatic heterocycles. The van der Waals surface area contributed by atoms with Gasteiger partial charge >= 0.3 is 12.6 Å². The molecule has 0 unspecified atom stereocenters. The number of aromatic nitrogens is 4. The average molecular weight is 481 g/mol. The van der Waals surface area contributed by atoms with Crippen LogP contribution in [0.25, 0.3) is 11.0 Å². The zero-order chi connectivity index (χ0) is 23.5. The molecular formula is C20H16ClF3N6O3. The fourth-order valence-corrected chi connectivity index (χ4v) is 3.44. The number of fused-ring (bicyclic) bond motifs is 1. The van der Waals surface area contributed by atoms with Crippen molar-refractivity contribution < 1.29 is 27.4 Å². The number of carbonyl (C=O) groups is 1. The molecule has 1 atom stereocenters. The highest BCUT2D eigenvalue weighted by Gasteiger charge is 2.27. The minimum absolute atomic E-state index is 0.0254. The number of likely N-dealkylation sites (tertiary alicyclic amines) is 1. The molecule has 3 heterocycles. The summed E-state index contributed by atoms with van der Waals surface area (Å²) in [7, 11) is 0. The van der Waals surface area contributed by atoms with Gasteiger partial charge in [0.05, 0.1) is 18.4 Å². The van der Waals surface area contributed by atoms with Crippen LogP contribution in [0.5, 0.6) is 11.8 Å². The number of rotatable bonds is 7. The third-order valence-corrected chi connectivity index (χ3v) is 5.13. The molecule has 1 fully saturated rings. The number of carbonyl (C=O) groups excluding carboxylic acids is 1. The fraction of sp³-hybridized carbons (Fsp3) is 0.250. The summed E-state index contributed by atoms with van der Waals surface area (Å²) in [6.45, 7) is 1.20. The number of hydrogen-bond donors (Lipinski definition) is 1. The molecule has 13 heteroatoms. The molecule has 1 saturated heterocycles. The molecule has 0 saturated carbocycles. The van der Waals surface area contributed by atoms with Crippen molar-refractivity contribution in [3.8, 4) is 11.8 Å². The first-order chi connectivity index (χ1) is 15.9. The second-order valence-corrected chi connectivity index (χ2v) is 7.25. The van der Waals surface area contributed by atoms with Crippen LogP contribution in [0.2, 0.25) is 5.02 Å². The summed E-state index contributed by atoms with van der Waals surface area (Å²) in [6.07, 6.45) is 4.15. The molecule has 1 aliphatic rings. The smallest absolute Gasteiger partial charge is 0.387 e. The predicted octanol–water partition coefficient (Wildman–Crippen LogP) is 3.72. The molecule has 0 spiro atoms. The highest BCUT2D eigenvalue weighted by Crippen LogP contribution is 2.35. The van der Waals surface area contributed by atoms with Crippen LogP contribution in [-0.2, 0) is 4.79 Å². The lowest BCUT2D eigenvalue weighted by Gasteiger charge is -2.15. The first-order valence-corrected chi connectivity index (χ1v) is 9.99. The van der Waals surface area contributed by atoms with Crippen LogP contribution < -0.4 is 14.8 Å². The van der Waals surface area contributed by atoms with Gasteiger partial charge in [-0.1, -0.05) is 18.2 Å². The molecule has 0 radical (unpaired) electrons. The number of benzene rings is 1. The standard InChI is InChI=1S/C20H16ClF3N6O3/c1-2-14(31)30-6-5-10(8-30)32-20-25-7-12-17(29-20)18(27-9-26-12)28-11-3-4-13(33-19(23)24)15(21)16(11)22/h2-4,7,9-10,19H,1,5-6,8H2,(H,26,27,28)/t10-/m0/s1. The molecule has 1 aliphatic heterocycles. The van der Waals surface area contributed by atoms with Gasteiger partial charge in [0.25, 0.3) is 0 Å². The Balaban J connectivity index is 1.57. The van der Waals surface area contributed by atoms with Gasteiger partial charge in [-0.05, 0) is 18.2 Å². The van der Waals surface area contributed by atoms with E-state index in [9.17, 15) is 18.0 Å². The molecule has 172 valence electrons. The zero-order valence-electron chi connectivity index (χ0n) is 16.8.